The number of benzene rings is 1. The van der Waals surface area contributed by atoms with Crippen LogP contribution in [-0.4, -0.2) is 44.9 Å². The number of alkyl halides is 3. The lowest BCUT2D eigenvalue weighted by molar-refractivity contribution is -0.142. The van der Waals surface area contributed by atoms with Gasteiger partial charge in [-0.25, -0.2) is 0 Å². The van der Waals surface area contributed by atoms with E-state index in [2.05, 4.69) is 5.10 Å². The van der Waals surface area contributed by atoms with E-state index in [4.69, 9.17) is 23.2 Å². The van der Waals surface area contributed by atoms with Crippen LogP contribution in [0.4, 0.5) is 13.2 Å². The van der Waals surface area contributed by atoms with Gasteiger partial charge in [-0.1, -0.05) is 35.3 Å². The van der Waals surface area contributed by atoms with E-state index in [1.807, 2.05) is 12.1 Å². The molecule has 2 aromatic rings. The fourth-order valence-corrected chi connectivity index (χ4v) is 3.71. The number of likely N-dealkylation sites (tertiary alicyclic amines) is 1. The third kappa shape index (κ3) is 4.29. The number of piperidine rings is 1. The summed E-state index contributed by atoms with van der Waals surface area (Å²) in [5, 5.41) is 14.0. The molecule has 5 nitrogen and oxygen atoms in total. The van der Waals surface area contributed by atoms with Gasteiger partial charge in [0.25, 0.3) is 0 Å². The third-order valence-electron chi connectivity index (χ3n) is 4.92. The average Bonchev–Trinajstić information content (AvgIpc) is 2.91. The second-order valence-corrected chi connectivity index (χ2v) is 7.57. The first-order valence-electron chi connectivity index (χ1n) is 8.59. The molecule has 1 aliphatic rings. The Morgan fingerprint density at radius 2 is 1.93 bits per heavy atom. The van der Waals surface area contributed by atoms with Gasteiger partial charge in [0.05, 0.1) is 16.8 Å². The highest BCUT2D eigenvalue weighted by Gasteiger charge is 2.39. The summed E-state index contributed by atoms with van der Waals surface area (Å²) in [7, 11) is 0. The monoisotopic (exact) mass is 435 g/mol. The van der Waals surface area contributed by atoms with E-state index in [0.717, 1.165) is 10.2 Å². The summed E-state index contributed by atoms with van der Waals surface area (Å²) in [5.41, 5.74) is -0.214. The minimum Gasteiger partial charge on any atom is -0.391 e. The Balaban J connectivity index is 1.68. The normalized spacial score (nSPS) is 20.5. The van der Waals surface area contributed by atoms with E-state index in [-0.39, 0.29) is 24.7 Å². The maximum absolute atomic E-state index is 12.9. The summed E-state index contributed by atoms with van der Waals surface area (Å²) in [6.07, 6.45) is -4.95. The van der Waals surface area contributed by atoms with Crippen LogP contribution in [0.25, 0.3) is 0 Å². The largest absolute Gasteiger partial charge is 0.436 e. The number of aliphatic hydroxyl groups excluding tert-OH is 1. The van der Waals surface area contributed by atoms with Gasteiger partial charge < -0.3 is 10.0 Å². The summed E-state index contributed by atoms with van der Waals surface area (Å²) in [4.78, 5) is 14.0. The Morgan fingerprint density at radius 1 is 1.29 bits per heavy atom. The lowest BCUT2D eigenvalue weighted by Gasteiger charge is -2.36. The van der Waals surface area contributed by atoms with Gasteiger partial charge in [-0.05, 0) is 31.0 Å². The van der Waals surface area contributed by atoms with Gasteiger partial charge in [-0.3, -0.25) is 9.48 Å². The first-order chi connectivity index (χ1) is 13.1. The number of aliphatic hydroxyl groups is 1. The summed E-state index contributed by atoms with van der Waals surface area (Å²) in [6.45, 7) is 1.47. The highest BCUT2D eigenvalue weighted by Crippen LogP contribution is 2.35. The van der Waals surface area contributed by atoms with Crippen LogP contribution in [0.3, 0.4) is 0 Å². The zero-order valence-electron chi connectivity index (χ0n) is 14.9. The van der Waals surface area contributed by atoms with Crippen LogP contribution >= 0.6 is 23.2 Å². The van der Waals surface area contributed by atoms with Gasteiger partial charge in [0.1, 0.15) is 6.54 Å². The molecule has 2 atom stereocenters. The highest BCUT2D eigenvalue weighted by atomic mass is 35.5. The second kappa shape index (κ2) is 7.93. The molecule has 2 heterocycles. The molecule has 1 aliphatic heterocycles. The van der Waals surface area contributed by atoms with Gasteiger partial charge >= 0.3 is 6.18 Å². The van der Waals surface area contributed by atoms with E-state index in [1.54, 1.807) is 12.1 Å². The van der Waals surface area contributed by atoms with Crippen molar-refractivity contribution < 1.29 is 23.1 Å². The fourth-order valence-electron chi connectivity index (χ4n) is 3.34. The molecule has 1 fully saturated rings. The average molecular weight is 436 g/mol. The molecule has 0 aliphatic carbocycles. The van der Waals surface area contributed by atoms with Crippen LogP contribution in [0.5, 0.6) is 0 Å². The highest BCUT2D eigenvalue weighted by molar-refractivity contribution is 6.32. The molecule has 10 heteroatoms. The first-order valence-corrected chi connectivity index (χ1v) is 9.35. The van der Waals surface area contributed by atoms with Gasteiger partial charge in [0, 0.05) is 24.0 Å². The molecule has 1 aromatic carbocycles. The molecule has 152 valence electrons. The minimum absolute atomic E-state index is 0.0685. The molecule has 0 radical (unpaired) electrons. The number of nitrogens with zero attached hydrogens (tertiary/aromatic N) is 3. The standard InChI is InChI=1S/C18H18Cl2F3N3O2/c1-10-16(20)17(18(21,22)23)24-26(10)9-15(28)25-7-6-13(14(27)8-25)11-2-4-12(19)5-3-11/h2-5,13-14,27H,6-9H2,1H3. The van der Waals surface area contributed by atoms with Gasteiger partial charge in [0.2, 0.25) is 5.91 Å². The van der Waals surface area contributed by atoms with E-state index in [9.17, 15) is 23.1 Å². The summed E-state index contributed by atoms with van der Waals surface area (Å²) in [5.74, 6) is -0.566. The van der Waals surface area contributed by atoms with Crippen molar-refractivity contribution in [3.63, 3.8) is 0 Å². The van der Waals surface area contributed by atoms with Crippen molar-refractivity contribution in [1.82, 2.24) is 14.7 Å². The van der Waals surface area contributed by atoms with Crippen molar-refractivity contribution in [3.05, 3.63) is 51.3 Å². The van der Waals surface area contributed by atoms with Gasteiger partial charge in [-0.15, -0.1) is 0 Å². The topological polar surface area (TPSA) is 58.4 Å². The van der Waals surface area contributed by atoms with Crippen molar-refractivity contribution in [1.29, 1.82) is 0 Å². The molecule has 3 rings (SSSR count). The van der Waals surface area contributed by atoms with Gasteiger partial charge in [-0.2, -0.15) is 18.3 Å². The molecule has 1 amide bonds. The first kappa shape index (κ1) is 21.0. The Bertz CT molecular complexity index is 868. The van der Waals surface area contributed by atoms with E-state index in [0.29, 0.717) is 18.0 Å². The number of halogens is 5. The van der Waals surface area contributed by atoms with E-state index in [1.165, 1.54) is 11.8 Å². The van der Waals surface area contributed by atoms with Crippen molar-refractivity contribution in [2.45, 2.75) is 38.1 Å². The predicted octanol–water partition coefficient (Wildman–Crippen LogP) is 3.89. The molecule has 0 spiro atoms. The van der Waals surface area contributed by atoms with Crippen LogP contribution in [0, 0.1) is 6.92 Å². The van der Waals surface area contributed by atoms with Crippen molar-refractivity contribution in [3.8, 4) is 0 Å². The zero-order valence-corrected chi connectivity index (χ0v) is 16.4. The Labute approximate surface area is 169 Å². The smallest absolute Gasteiger partial charge is 0.391 e. The molecule has 1 aromatic heterocycles. The molecule has 1 saturated heterocycles. The SMILES string of the molecule is Cc1c(Cl)c(C(F)(F)F)nn1CC(=O)N1CCC(c2ccc(Cl)cc2)C(O)C1. The molecular formula is C18H18Cl2F3N3O2. The van der Waals surface area contributed by atoms with Crippen LogP contribution in [0.15, 0.2) is 24.3 Å². The van der Waals surface area contributed by atoms with Crippen molar-refractivity contribution >= 4 is 29.1 Å². The summed E-state index contributed by atoms with van der Waals surface area (Å²) < 4.78 is 39.7. The number of amides is 1. The quantitative estimate of drug-likeness (QED) is 0.795. The van der Waals surface area contributed by atoms with E-state index < -0.39 is 28.9 Å². The number of hydrogen-bond acceptors (Lipinski definition) is 3. The number of rotatable bonds is 3. The number of carbonyl (C=O) groups is 1. The number of carbonyl (C=O) groups excluding carboxylic acids is 1. The minimum atomic E-state index is -4.69. The van der Waals surface area contributed by atoms with Crippen molar-refractivity contribution in [2.75, 3.05) is 13.1 Å². The Morgan fingerprint density at radius 3 is 2.46 bits per heavy atom. The van der Waals surface area contributed by atoms with E-state index >= 15 is 0 Å². The lowest BCUT2D eigenvalue weighted by Crippen LogP contribution is -2.47. The summed E-state index contributed by atoms with van der Waals surface area (Å²) in [6, 6.07) is 7.15. The van der Waals surface area contributed by atoms with Gasteiger partial charge in [0.15, 0.2) is 5.69 Å². The molecule has 0 saturated carbocycles. The maximum Gasteiger partial charge on any atom is 0.436 e. The molecule has 2 unspecified atom stereocenters. The number of aromatic nitrogens is 2. The third-order valence-corrected chi connectivity index (χ3v) is 5.62. The maximum atomic E-state index is 12.9. The van der Waals surface area contributed by atoms with Crippen LogP contribution < -0.4 is 0 Å². The molecular weight excluding hydrogens is 418 g/mol. The Hall–Kier alpha value is -1.77. The van der Waals surface area contributed by atoms with Crippen LogP contribution in [0.1, 0.15) is 29.3 Å². The lowest BCUT2D eigenvalue weighted by atomic mass is 9.87. The Kier molecular flexibility index (Phi) is 5.93. The second-order valence-electron chi connectivity index (χ2n) is 6.76. The fraction of sp³-hybridized carbons (Fsp3) is 0.444. The van der Waals surface area contributed by atoms with Crippen molar-refractivity contribution in [2.24, 2.45) is 0 Å². The molecule has 28 heavy (non-hydrogen) atoms. The summed E-state index contributed by atoms with van der Waals surface area (Å²) >= 11 is 11.6. The number of β-amino-alcohol motifs (C(OH)–C–C–N with tert-alkyl or cyclic N) is 1. The predicted molar refractivity (Wildman–Crippen MR) is 98.4 cm³/mol. The van der Waals surface area contributed by atoms with Crippen LogP contribution in [0.2, 0.25) is 10.0 Å². The zero-order chi connectivity index (χ0) is 20.6. The molecule has 0 bridgehead atoms. The number of hydrogen-bond donors (Lipinski definition) is 1. The van der Waals surface area contributed by atoms with Crippen LogP contribution in [-0.2, 0) is 17.5 Å². The molecule has 1 N–H and O–H groups in total.